The Bertz CT molecular complexity index is 159. The van der Waals surface area contributed by atoms with Crippen molar-refractivity contribution in [3.05, 3.63) is 0 Å². The molecule has 0 spiro atoms. The lowest BCUT2D eigenvalue weighted by Crippen LogP contribution is -2.45. The largest absolute Gasteiger partial charge is 0.352 e. The van der Waals surface area contributed by atoms with Crippen LogP contribution in [-0.4, -0.2) is 23.6 Å². The van der Waals surface area contributed by atoms with Crippen LogP contribution in [0.2, 0.25) is 0 Å². The van der Waals surface area contributed by atoms with Crippen LogP contribution in [0.15, 0.2) is 0 Å². The van der Waals surface area contributed by atoms with E-state index in [1.54, 1.807) is 5.32 Å². The lowest BCUT2D eigenvalue weighted by atomic mass is 10.3. The smallest absolute Gasteiger partial charge is 0.276 e. The summed E-state index contributed by atoms with van der Waals surface area (Å²) in [6.07, 6.45) is 0.0439. The second-order valence-corrected chi connectivity index (χ2v) is 1.69. The fraction of sp³-hybridized carbons (Fsp3) is 0.500. The fourth-order valence-corrected chi connectivity index (χ4v) is 0.544. The van der Waals surface area contributed by atoms with Gasteiger partial charge in [0.2, 0.25) is 5.91 Å². The number of nitrogens with zero attached hydrogens (tertiary/aromatic N) is 1. The summed E-state index contributed by atoms with van der Waals surface area (Å²) in [5.41, 5.74) is 0. The van der Waals surface area contributed by atoms with E-state index in [0.29, 0.717) is 0 Å². The van der Waals surface area contributed by atoms with Gasteiger partial charge in [0.15, 0.2) is 0 Å². The van der Waals surface area contributed by atoms with Gasteiger partial charge in [-0.3, -0.25) is 10.1 Å². The predicted octanol–water partition coefficient (Wildman–Crippen LogP) is -0.187. The number of carbonyl (C=O) groups is 2. The topological polar surface area (TPSA) is 49.4 Å². The highest BCUT2D eigenvalue weighted by Crippen LogP contribution is 1.98. The van der Waals surface area contributed by atoms with Gasteiger partial charge >= 0.3 is 6.03 Å². The number of rotatable bonds is 0. The van der Waals surface area contributed by atoms with Gasteiger partial charge < -0.3 is 0 Å². The SMILES string of the molecule is O=C1CCN(F)C(=O)N1. The quantitative estimate of drug-likeness (QED) is 0.464. The van der Waals surface area contributed by atoms with Crippen molar-refractivity contribution in [3.63, 3.8) is 0 Å². The van der Waals surface area contributed by atoms with Crippen molar-refractivity contribution in [2.24, 2.45) is 0 Å². The summed E-state index contributed by atoms with van der Waals surface area (Å²) in [6, 6.07) is -0.966. The predicted molar refractivity (Wildman–Crippen MR) is 26.0 cm³/mol. The zero-order chi connectivity index (χ0) is 6.85. The zero-order valence-corrected chi connectivity index (χ0v) is 4.56. The van der Waals surface area contributed by atoms with Gasteiger partial charge in [-0.25, -0.2) is 4.79 Å². The normalized spacial score (nSPS) is 19.9. The van der Waals surface area contributed by atoms with Gasteiger partial charge in [-0.05, 0) is 0 Å². The highest BCUT2D eigenvalue weighted by molar-refractivity contribution is 5.96. The summed E-state index contributed by atoms with van der Waals surface area (Å²) in [4.78, 5) is 20.5. The monoisotopic (exact) mass is 132 g/mol. The maximum Gasteiger partial charge on any atom is 0.352 e. The molecule has 1 heterocycles. The third kappa shape index (κ3) is 1.16. The molecule has 9 heavy (non-hydrogen) atoms. The first-order chi connectivity index (χ1) is 4.20. The molecule has 1 fully saturated rings. The molecule has 1 aliphatic rings. The Labute approximate surface area is 50.6 Å². The van der Waals surface area contributed by atoms with Gasteiger partial charge in [0.1, 0.15) is 0 Å². The van der Waals surface area contributed by atoms with E-state index in [4.69, 9.17) is 0 Å². The summed E-state index contributed by atoms with van der Waals surface area (Å²) in [5.74, 6) is -0.422. The van der Waals surface area contributed by atoms with Crippen LogP contribution < -0.4 is 5.32 Å². The van der Waals surface area contributed by atoms with Crippen molar-refractivity contribution >= 4 is 11.9 Å². The average Bonchev–Trinajstić information content (AvgIpc) is 1.80. The fourth-order valence-electron chi connectivity index (χ4n) is 0.544. The summed E-state index contributed by atoms with van der Waals surface area (Å²) < 4.78 is 12.0. The first kappa shape index (κ1) is 6.00. The standard InChI is InChI=1S/C4H5FN2O2/c5-7-2-1-3(8)6-4(7)9/h1-2H2,(H,6,8,9). The molecule has 0 unspecified atom stereocenters. The number of nitrogens with one attached hydrogen (secondary N) is 1. The highest BCUT2D eigenvalue weighted by atomic mass is 19.2. The van der Waals surface area contributed by atoms with E-state index in [2.05, 4.69) is 0 Å². The van der Waals surface area contributed by atoms with Crippen molar-refractivity contribution in [2.75, 3.05) is 6.54 Å². The van der Waals surface area contributed by atoms with Crippen LogP contribution in [0.1, 0.15) is 6.42 Å². The van der Waals surface area contributed by atoms with Crippen LogP contribution in [0.4, 0.5) is 9.28 Å². The number of amides is 3. The lowest BCUT2D eigenvalue weighted by Gasteiger charge is -2.16. The Morgan fingerprint density at radius 2 is 2.22 bits per heavy atom. The highest BCUT2D eigenvalue weighted by Gasteiger charge is 2.21. The van der Waals surface area contributed by atoms with E-state index in [-0.39, 0.29) is 18.1 Å². The number of carbonyl (C=O) groups excluding carboxylic acids is 2. The van der Waals surface area contributed by atoms with E-state index in [9.17, 15) is 14.1 Å². The first-order valence-corrected chi connectivity index (χ1v) is 2.47. The molecule has 0 aromatic rings. The van der Waals surface area contributed by atoms with Gasteiger partial charge in [0, 0.05) is 6.42 Å². The zero-order valence-electron chi connectivity index (χ0n) is 4.56. The molecule has 0 bridgehead atoms. The van der Waals surface area contributed by atoms with E-state index in [1.165, 1.54) is 0 Å². The molecule has 1 rings (SSSR count). The Kier molecular flexibility index (Phi) is 1.33. The number of urea groups is 1. The second kappa shape index (κ2) is 2.00. The summed E-state index contributed by atoms with van der Waals surface area (Å²) in [5, 5.41) is 1.78. The average molecular weight is 132 g/mol. The Morgan fingerprint density at radius 1 is 1.56 bits per heavy atom. The van der Waals surface area contributed by atoms with Crippen molar-refractivity contribution < 1.29 is 14.1 Å². The minimum atomic E-state index is -0.966. The molecule has 3 amide bonds. The van der Waals surface area contributed by atoms with Gasteiger partial charge in [-0.1, -0.05) is 4.48 Å². The van der Waals surface area contributed by atoms with Crippen LogP contribution in [-0.2, 0) is 4.79 Å². The Hall–Kier alpha value is -1.13. The molecular formula is C4H5FN2O2. The first-order valence-electron chi connectivity index (χ1n) is 2.47. The van der Waals surface area contributed by atoms with Crippen molar-refractivity contribution in [1.29, 1.82) is 0 Å². The van der Waals surface area contributed by atoms with Crippen LogP contribution in [0.25, 0.3) is 0 Å². The minimum Gasteiger partial charge on any atom is -0.276 e. The molecule has 0 radical (unpaired) electrons. The summed E-state index contributed by atoms with van der Waals surface area (Å²) in [6.45, 7) is -0.134. The molecule has 0 atom stereocenters. The minimum absolute atomic E-state index is 0.0264. The van der Waals surface area contributed by atoms with Crippen LogP contribution in [0.3, 0.4) is 0 Å². The number of hydrogen-bond donors (Lipinski definition) is 1. The molecule has 0 aromatic heterocycles. The van der Waals surface area contributed by atoms with E-state index >= 15 is 0 Å². The van der Waals surface area contributed by atoms with Crippen LogP contribution in [0.5, 0.6) is 0 Å². The molecule has 1 N–H and O–H groups in total. The third-order valence-corrected chi connectivity index (χ3v) is 1.00. The molecule has 5 heteroatoms. The molecule has 4 nitrogen and oxygen atoms in total. The molecule has 50 valence electrons. The second-order valence-electron chi connectivity index (χ2n) is 1.69. The third-order valence-electron chi connectivity index (χ3n) is 1.00. The Balaban J connectivity index is 2.54. The van der Waals surface area contributed by atoms with Gasteiger partial charge in [0.05, 0.1) is 6.54 Å². The maximum atomic E-state index is 12.0. The number of halogens is 1. The van der Waals surface area contributed by atoms with E-state index in [0.717, 1.165) is 0 Å². The summed E-state index contributed by atoms with van der Waals surface area (Å²) >= 11 is 0. The molecule has 0 saturated carbocycles. The van der Waals surface area contributed by atoms with Gasteiger partial charge in [-0.2, -0.15) is 5.12 Å². The number of hydrogen-bond acceptors (Lipinski definition) is 2. The Morgan fingerprint density at radius 3 is 2.67 bits per heavy atom. The molecule has 1 aliphatic heterocycles. The van der Waals surface area contributed by atoms with Gasteiger partial charge in [0.25, 0.3) is 0 Å². The van der Waals surface area contributed by atoms with Gasteiger partial charge in [-0.15, -0.1) is 0 Å². The lowest BCUT2D eigenvalue weighted by molar-refractivity contribution is -0.123. The molecule has 0 aromatic carbocycles. The molecular weight excluding hydrogens is 127 g/mol. The van der Waals surface area contributed by atoms with Crippen LogP contribution >= 0.6 is 0 Å². The van der Waals surface area contributed by atoms with E-state index in [1.807, 2.05) is 0 Å². The number of imide groups is 1. The van der Waals surface area contributed by atoms with E-state index < -0.39 is 11.9 Å². The van der Waals surface area contributed by atoms with Crippen molar-refractivity contribution in [1.82, 2.24) is 10.4 Å². The molecule has 1 saturated heterocycles. The van der Waals surface area contributed by atoms with Crippen molar-refractivity contribution in [2.45, 2.75) is 6.42 Å². The van der Waals surface area contributed by atoms with Crippen molar-refractivity contribution in [3.8, 4) is 0 Å². The molecule has 0 aliphatic carbocycles. The summed E-state index contributed by atoms with van der Waals surface area (Å²) in [7, 11) is 0. The maximum absolute atomic E-state index is 12.0. The van der Waals surface area contributed by atoms with Crippen LogP contribution in [0, 0.1) is 0 Å².